The molecule has 0 spiro atoms. The molecule has 0 unspecified atom stereocenters. The van der Waals surface area contributed by atoms with E-state index in [-0.39, 0.29) is 24.3 Å². The lowest BCUT2D eigenvalue weighted by atomic mass is 9.99. The average Bonchev–Trinajstić information content (AvgIpc) is 3.13. The van der Waals surface area contributed by atoms with Crippen LogP contribution in [0.1, 0.15) is 25.7 Å². The standard InChI is InChI=1S/C18H21F2N3O2/c19-14-5-6-17(16(20)12-14)25-13-18(24)23-10-2-1-4-15(23)7-11-22-9-3-8-21-22/h3,5-6,8-9,12,15H,1-2,4,7,10-11,13H2/t15-/m0/s1. The van der Waals surface area contributed by atoms with E-state index in [1.54, 1.807) is 6.20 Å². The van der Waals surface area contributed by atoms with Gasteiger partial charge in [0.05, 0.1) is 0 Å². The van der Waals surface area contributed by atoms with Crippen molar-refractivity contribution in [2.75, 3.05) is 13.2 Å². The molecule has 1 fully saturated rings. The van der Waals surface area contributed by atoms with Crippen LogP contribution in [-0.2, 0) is 11.3 Å². The number of piperidine rings is 1. The summed E-state index contributed by atoms with van der Waals surface area (Å²) in [5.41, 5.74) is 0. The molecule has 1 aromatic heterocycles. The van der Waals surface area contributed by atoms with Crippen LogP contribution in [0.3, 0.4) is 0 Å². The topological polar surface area (TPSA) is 47.4 Å². The normalized spacial score (nSPS) is 17.5. The summed E-state index contributed by atoms with van der Waals surface area (Å²) in [6, 6.07) is 5.05. The molecule has 1 aliphatic heterocycles. The molecule has 5 nitrogen and oxygen atoms in total. The Hall–Kier alpha value is -2.44. The molecule has 2 heterocycles. The maximum atomic E-state index is 13.6. The van der Waals surface area contributed by atoms with Gasteiger partial charge in [0, 0.05) is 37.6 Å². The Kier molecular flexibility index (Phi) is 5.63. The number of aryl methyl sites for hydroxylation is 1. The number of hydrogen-bond donors (Lipinski definition) is 0. The van der Waals surface area contributed by atoms with Crippen molar-refractivity contribution in [3.8, 4) is 5.75 Å². The summed E-state index contributed by atoms with van der Waals surface area (Å²) in [5.74, 6) is -1.76. The van der Waals surface area contributed by atoms with Crippen molar-refractivity contribution in [3.05, 3.63) is 48.3 Å². The quantitative estimate of drug-likeness (QED) is 0.805. The summed E-state index contributed by atoms with van der Waals surface area (Å²) in [7, 11) is 0. The second-order valence-corrected chi connectivity index (χ2v) is 6.16. The van der Waals surface area contributed by atoms with E-state index in [1.165, 1.54) is 6.07 Å². The van der Waals surface area contributed by atoms with Crippen molar-refractivity contribution < 1.29 is 18.3 Å². The number of nitrogens with zero attached hydrogens (tertiary/aromatic N) is 3. The van der Waals surface area contributed by atoms with Gasteiger partial charge >= 0.3 is 0 Å². The number of hydrogen-bond acceptors (Lipinski definition) is 3. The minimum Gasteiger partial charge on any atom is -0.481 e. The van der Waals surface area contributed by atoms with Crippen LogP contribution in [0.15, 0.2) is 36.7 Å². The van der Waals surface area contributed by atoms with E-state index in [0.717, 1.165) is 44.4 Å². The van der Waals surface area contributed by atoms with E-state index in [2.05, 4.69) is 5.10 Å². The number of rotatable bonds is 6. The lowest BCUT2D eigenvalue weighted by Gasteiger charge is -2.35. The summed E-state index contributed by atoms with van der Waals surface area (Å²) >= 11 is 0. The van der Waals surface area contributed by atoms with E-state index >= 15 is 0 Å². The molecule has 0 N–H and O–H groups in total. The Morgan fingerprint density at radius 3 is 2.96 bits per heavy atom. The zero-order chi connectivity index (χ0) is 17.6. The van der Waals surface area contributed by atoms with Gasteiger partial charge in [0.2, 0.25) is 0 Å². The molecule has 0 bridgehead atoms. The molecule has 1 aromatic carbocycles. The maximum absolute atomic E-state index is 13.6. The molecule has 1 amide bonds. The van der Waals surface area contributed by atoms with Gasteiger partial charge < -0.3 is 9.64 Å². The fourth-order valence-corrected chi connectivity index (χ4v) is 3.16. The highest BCUT2D eigenvalue weighted by molar-refractivity contribution is 5.78. The molecular formula is C18H21F2N3O2. The van der Waals surface area contributed by atoms with Crippen molar-refractivity contribution >= 4 is 5.91 Å². The monoisotopic (exact) mass is 349 g/mol. The van der Waals surface area contributed by atoms with E-state index < -0.39 is 11.6 Å². The van der Waals surface area contributed by atoms with Crippen molar-refractivity contribution in [2.24, 2.45) is 0 Å². The van der Waals surface area contributed by atoms with E-state index in [0.29, 0.717) is 6.54 Å². The minimum atomic E-state index is -0.804. The van der Waals surface area contributed by atoms with Crippen LogP contribution in [-0.4, -0.2) is 39.8 Å². The smallest absolute Gasteiger partial charge is 0.260 e. The lowest BCUT2D eigenvalue weighted by Crippen LogP contribution is -2.46. The zero-order valence-electron chi connectivity index (χ0n) is 13.9. The fraction of sp³-hybridized carbons (Fsp3) is 0.444. The van der Waals surface area contributed by atoms with Crippen LogP contribution >= 0.6 is 0 Å². The van der Waals surface area contributed by atoms with Gasteiger partial charge in [-0.15, -0.1) is 0 Å². The number of likely N-dealkylation sites (tertiary alicyclic amines) is 1. The van der Waals surface area contributed by atoms with Crippen molar-refractivity contribution in [2.45, 2.75) is 38.3 Å². The van der Waals surface area contributed by atoms with Crippen LogP contribution < -0.4 is 4.74 Å². The third kappa shape index (κ3) is 4.55. The van der Waals surface area contributed by atoms with Gasteiger partial charge in [-0.25, -0.2) is 8.78 Å². The van der Waals surface area contributed by atoms with Gasteiger partial charge in [-0.2, -0.15) is 5.10 Å². The van der Waals surface area contributed by atoms with Gasteiger partial charge in [0.15, 0.2) is 18.2 Å². The molecule has 0 saturated carbocycles. The van der Waals surface area contributed by atoms with Crippen LogP contribution in [0.25, 0.3) is 0 Å². The molecule has 7 heteroatoms. The Morgan fingerprint density at radius 2 is 2.20 bits per heavy atom. The van der Waals surface area contributed by atoms with Crippen molar-refractivity contribution in [1.29, 1.82) is 0 Å². The van der Waals surface area contributed by atoms with E-state index in [9.17, 15) is 13.6 Å². The molecular weight excluding hydrogens is 328 g/mol. The first-order chi connectivity index (χ1) is 12.1. The molecule has 1 saturated heterocycles. The number of aromatic nitrogens is 2. The second-order valence-electron chi connectivity index (χ2n) is 6.16. The Balaban J connectivity index is 1.56. The van der Waals surface area contributed by atoms with Gasteiger partial charge in [-0.1, -0.05) is 0 Å². The van der Waals surface area contributed by atoms with Crippen LogP contribution in [0, 0.1) is 11.6 Å². The number of carbonyl (C=O) groups excluding carboxylic acids is 1. The highest BCUT2D eigenvalue weighted by atomic mass is 19.1. The molecule has 134 valence electrons. The first kappa shape index (κ1) is 17.4. The minimum absolute atomic E-state index is 0.111. The number of amides is 1. The number of ether oxygens (including phenoxy) is 1. The SMILES string of the molecule is O=C(COc1ccc(F)cc1F)N1CCCC[C@H]1CCn1cccn1. The fourth-order valence-electron chi connectivity index (χ4n) is 3.16. The average molecular weight is 349 g/mol. The predicted molar refractivity (Wildman–Crippen MR) is 88.0 cm³/mol. The summed E-state index contributed by atoms with van der Waals surface area (Å²) in [4.78, 5) is 14.3. The lowest BCUT2D eigenvalue weighted by molar-refractivity contribution is -0.137. The van der Waals surface area contributed by atoms with Gasteiger partial charge in [0.1, 0.15) is 5.82 Å². The van der Waals surface area contributed by atoms with Gasteiger partial charge in [0.25, 0.3) is 5.91 Å². The summed E-state index contributed by atoms with van der Waals surface area (Å²) in [6.07, 6.45) is 7.43. The molecule has 25 heavy (non-hydrogen) atoms. The van der Waals surface area contributed by atoms with Crippen LogP contribution in [0.4, 0.5) is 8.78 Å². The predicted octanol–water partition coefficient (Wildman–Crippen LogP) is 3.01. The molecule has 1 atom stereocenters. The summed E-state index contributed by atoms with van der Waals surface area (Å²) in [6.45, 7) is 1.17. The second kappa shape index (κ2) is 8.09. The Bertz CT molecular complexity index is 706. The molecule has 1 aliphatic rings. The highest BCUT2D eigenvalue weighted by Crippen LogP contribution is 2.22. The van der Waals surface area contributed by atoms with Gasteiger partial charge in [-0.3, -0.25) is 9.48 Å². The molecule has 2 aromatic rings. The third-order valence-corrected chi connectivity index (χ3v) is 4.44. The van der Waals surface area contributed by atoms with Crippen molar-refractivity contribution in [3.63, 3.8) is 0 Å². The first-order valence-electron chi connectivity index (χ1n) is 8.48. The largest absolute Gasteiger partial charge is 0.481 e. The number of halogens is 2. The Morgan fingerprint density at radius 1 is 1.32 bits per heavy atom. The van der Waals surface area contributed by atoms with Crippen molar-refractivity contribution in [1.82, 2.24) is 14.7 Å². The number of benzene rings is 1. The Labute approximate surface area is 145 Å². The van der Waals surface area contributed by atoms with E-state index in [1.807, 2.05) is 21.8 Å². The van der Waals surface area contributed by atoms with Crippen LogP contribution in [0.2, 0.25) is 0 Å². The van der Waals surface area contributed by atoms with Crippen LogP contribution in [0.5, 0.6) is 5.75 Å². The zero-order valence-corrected chi connectivity index (χ0v) is 13.9. The summed E-state index contributed by atoms with van der Waals surface area (Å²) < 4.78 is 33.6. The van der Waals surface area contributed by atoms with E-state index in [4.69, 9.17) is 4.74 Å². The van der Waals surface area contributed by atoms with Gasteiger partial charge in [-0.05, 0) is 43.9 Å². The maximum Gasteiger partial charge on any atom is 0.260 e. The first-order valence-corrected chi connectivity index (χ1v) is 8.48. The highest BCUT2D eigenvalue weighted by Gasteiger charge is 2.27. The third-order valence-electron chi connectivity index (χ3n) is 4.44. The summed E-state index contributed by atoms with van der Waals surface area (Å²) in [5, 5.41) is 4.18. The molecule has 0 aliphatic carbocycles. The number of carbonyl (C=O) groups is 1. The molecule has 3 rings (SSSR count). The molecule has 0 radical (unpaired) electrons.